The second-order valence-electron chi connectivity index (χ2n) is 8.30. The third-order valence-corrected chi connectivity index (χ3v) is 8.04. The van der Waals surface area contributed by atoms with Gasteiger partial charge in [-0.1, -0.05) is 61.0 Å². The molecule has 1 saturated heterocycles. The molecule has 0 unspecified atom stereocenters. The Morgan fingerprint density at radius 2 is 1.58 bits per heavy atom. The summed E-state index contributed by atoms with van der Waals surface area (Å²) in [6.45, 7) is 6.10. The zero-order valence-electron chi connectivity index (χ0n) is 19.0. The quantitative estimate of drug-likeness (QED) is 0.501. The molecule has 1 aliphatic rings. The van der Waals surface area contributed by atoms with Crippen LogP contribution in [-0.2, 0) is 28.6 Å². The molecular weight excluding hydrogens is 456 g/mol. The van der Waals surface area contributed by atoms with Crippen molar-refractivity contribution in [2.75, 3.05) is 31.1 Å². The summed E-state index contributed by atoms with van der Waals surface area (Å²) in [5.41, 5.74) is 4.09. The van der Waals surface area contributed by atoms with Gasteiger partial charge >= 0.3 is 0 Å². The second kappa shape index (κ2) is 10.2. The highest BCUT2D eigenvalue weighted by Gasteiger charge is 2.29. The molecule has 3 aromatic rings. The smallest absolute Gasteiger partial charge is 0.218 e. The number of aryl methyl sites for hydroxylation is 2. The Labute approximate surface area is 201 Å². The maximum atomic E-state index is 13.0. The van der Waals surface area contributed by atoms with Crippen LogP contribution in [0.15, 0.2) is 54.6 Å². The predicted octanol–water partition coefficient (Wildman–Crippen LogP) is 4.24. The van der Waals surface area contributed by atoms with Gasteiger partial charge in [0.1, 0.15) is 11.6 Å². The van der Waals surface area contributed by atoms with Crippen molar-refractivity contribution in [3.63, 3.8) is 0 Å². The zero-order chi connectivity index (χ0) is 23.4. The maximum Gasteiger partial charge on any atom is 0.218 e. The van der Waals surface area contributed by atoms with Gasteiger partial charge in [-0.15, -0.1) is 0 Å². The SMILES string of the molecule is CCc1nc(C)nc(N2CCN(S(=O)(=O)Cc3ccccc3)CC2)c1Cc1ccc(Cl)cc1. The van der Waals surface area contributed by atoms with Crippen molar-refractivity contribution < 1.29 is 8.42 Å². The van der Waals surface area contributed by atoms with E-state index in [1.165, 1.54) is 0 Å². The summed E-state index contributed by atoms with van der Waals surface area (Å²) >= 11 is 6.06. The van der Waals surface area contributed by atoms with Crippen molar-refractivity contribution in [2.24, 2.45) is 0 Å². The normalized spacial score (nSPS) is 15.1. The summed E-state index contributed by atoms with van der Waals surface area (Å²) in [6, 6.07) is 17.2. The number of nitrogens with zero attached hydrogens (tertiary/aromatic N) is 4. The van der Waals surface area contributed by atoms with Gasteiger partial charge in [0.15, 0.2) is 0 Å². The molecule has 1 aromatic heterocycles. The summed E-state index contributed by atoms with van der Waals surface area (Å²) < 4.78 is 27.5. The molecule has 0 amide bonds. The number of benzene rings is 2. The third kappa shape index (κ3) is 5.72. The number of aromatic nitrogens is 2. The standard InChI is InChI=1S/C25H29ClN4O2S/c1-3-24-23(17-20-9-11-22(26)12-10-20)25(28-19(2)27-24)29-13-15-30(16-14-29)33(31,32)18-21-7-5-4-6-8-21/h4-12H,3,13-18H2,1-2H3. The molecule has 2 aromatic carbocycles. The van der Waals surface area contributed by atoms with E-state index in [1.807, 2.05) is 61.5 Å². The topological polar surface area (TPSA) is 66.4 Å². The second-order valence-corrected chi connectivity index (χ2v) is 10.7. The highest BCUT2D eigenvalue weighted by molar-refractivity contribution is 7.88. The van der Waals surface area contributed by atoms with E-state index < -0.39 is 10.0 Å². The van der Waals surface area contributed by atoms with Crippen LogP contribution in [0.25, 0.3) is 0 Å². The van der Waals surface area contributed by atoms with Crippen LogP contribution in [0, 0.1) is 6.92 Å². The third-order valence-electron chi connectivity index (χ3n) is 5.94. The fourth-order valence-corrected chi connectivity index (χ4v) is 5.88. The largest absolute Gasteiger partial charge is 0.354 e. The molecule has 174 valence electrons. The lowest BCUT2D eigenvalue weighted by Crippen LogP contribution is -2.49. The fourth-order valence-electron chi connectivity index (χ4n) is 4.23. The van der Waals surface area contributed by atoms with Crippen molar-refractivity contribution in [1.29, 1.82) is 0 Å². The first kappa shape index (κ1) is 23.7. The van der Waals surface area contributed by atoms with Gasteiger partial charge in [0, 0.05) is 48.9 Å². The lowest BCUT2D eigenvalue weighted by atomic mass is 10.0. The van der Waals surface area contributed by atoms with Crippen molar-refractivity contribution in [3.8, 4) is 0 Å². The number of hydrogen-bond donors (Lipinski definition) is 0. The minimum absolute atomic E-state index is 0.0300. The molecule has 0 aliphatic carbocycles. The zero-order valence-corrected chi connectivity index (χ0v) is 20.6. The molecule has 0 atom stereocenters. The molecule has 1 fully saturated rings. The van der Waals surface area contributed by atoms with Crippen molar-refractivity contribution in [1.82, 2.24) is 14.3 Å². The number of halogens is 1. The Balaban J connectivity index is 1.54. The summed E-state index contributed by atoms with van der Waals surface area (Å²) in [5.74, 6) is 1.68. The van der Waals surface area contributed by atoms with E-state index >= 15 is 0 Å². The average molecular weight is 485 g/mol. The van der Waals surface area contributed by atoms with Crippen LogP contribution >= 0.6 is 11.6 Å². The molecule has 8 heteroatoms. The monoisotopic (exact) mass is 484 g/mol. The highest BCUT2D eigenvalue weighted by atomic mass is 35.5. The van der Waals surface area contributed by atoms with E-state index in [9.17, 15) is 8.42 Å². The van der Waals surface area contributed by atoms with Crippen molar-refractivity contribution in [3.05, 3.63) is 87.8 Å². The maximum absolute atomic E-state index is 13.0. The molecule has 0 N–H and O–H groups in total. The molecule has 0 radical (unpaired) electrons. The Kier molecular flexibility index (Phi) is 7.32. The summed E-state index contributed by atoms with van der Waals surface area (Å²) in [7, 11) is -3.36. The molecule has 0 spiro atoms. The van der Waals surface area contributed by atoms with Crippen molar-refractivity contribution in [2.45, 2.75) is 32.4 Å². The number of sulfonamides is 1. The number of hydrogen-bond acceptors (Lipinski definition) is 5. The summed E-state index contributed by atoms with van der Waals surface area (Å²) in [5, 5.41) is 0.711. The number of rotatable bonds is 7. The number of anilines is 1. The summed E-state index contributed by atoms with van der Waals surface area (Å²) in [4.78, 5) is 11.7. The molecule has 2 heterocycles. The molecule has 6 nitrogen and oxygen atoms in total. The first-order chi connectivity index (χ1) is 15.9. The first-order valence-corrected chi connectivity index (χ1v) is 13.2. The van der Waals surface area contributed by atoms with Gasteiger partial charge in [-0.3, -0.25) is 0 Å². The van der Waals surface area contributed by atoms with Crippen LogP contribution < -0.4 is 4.90 Å². The van der Waals surface area contributed by atoms with Gasteiger partial charge in [-0.05, 0) is 36.6 Å². The van der Waals surface area contributed by atoms with Crippen LogP contribution in [0.2, 0.25) is 5.02 Å². The van der Waals surface area contributed by atoms with Crippen LogP contribution in [0.4, 0.5) is 5.82 Å². The van der Waals surface area contributed by atoms with Crippen LogP contribution in [0.5, 0.6) is 0 Å². The van der Waals surface area contributed by atoms with E-state index in [2.05, 4.69) is 11.8 Å². The molecule has 33 heavy (non-hydrogen) atoms. The van der Waals surface area contributed by atoms with Gasteiger partial charge in [-0.25, -0.2) is 18.4 Å². The number of piperazine rings is 1. The fraction of sp³-hybridized carbons (Fsp3) is 0.360. The van der Waals surface area contributed by atoms with E-state index in [4.69, 9.17) is 21.6 Å². The van der Waals surface area contributed by atoms with Crippen LogP contribution in [0.1, 0.15) is 35.1 Å². The molecule has 0 saturated carbocycles. The Bertz CT molecular complexity index is 1190. The lowest BCUT2D eigenvalue weighted by Gasteiger charge is -2.36. The Hall–Kier alpha value is -2.48. The van der Waals surface area contributed by atoms with Gasteiger partial charge in [0.2, 0.25) is 10.0 Å². The Morgan fingerprint density at radius 3 is 2.21 bits per heavy atom. The van der Waals surface area contributed by atoms with Gasteiger partial charge < -0.3 is 4.90 Å². The summed E-state index contributed by atoms with van der Waals surface area (Å²) in [6.07, 6.45) is 1.52. The minimum atomic E-state index is -3.36. The molecule has 0 bridgehead atoms. The van der Waals surface area contributed by atoms with E-state index in [-0.39, 0.29) is 5.75 Å². The van der Waals surface area contributed by atoms with E-state index in [0.29, 0.717) is 37.6 Å². The average Bonchev–Trinajstić information content (AvgIpc) is 2.81. The van der Waals surface area contributed by atoms with Crippen LogP contribution in [-0.4, -0.2) is 48.9 Å². The van der Waals surface area contributed by atoms with E-state index in [1.54, 1.807) is 4.31 Å². The molecule has 4 rings (SSSR count). The lowest BCUT2D eigenvalue weighted by molar-refractivity contribution is 0.383. The van der Waals surface area contributed by atoms with Gasteiger partial charge in [-0.2, -0.15) is 4.31 Å². The highest BCUT2D eigenvalue weighted by Crippen LogP contribution is 2.27. The van der Waals surface area contributed by atoms with Gasteiger partial charge in [0.05, 0.1) is 5.75 Å². The minimum Gasteiger partial charge on any atom is -0.354 e. The predicted molar refractivity (Wildman–Crippen MR) is 133 cm³/mol. The van der Waals surface area contributed by atoms with Gasteiger partial charge in [0.25, 0.3) is 0 Å². The van der Waals surface area contributed by atoms with Crippen LogP contribution in [0.3, 0.4) is 0 Å². The van der Waals surface area contributed by atoms with Crippen molar-refractivity contribution >= 4 is 27.4 Å². The van der Waals surface area contributed by atoms with E-state index in [0.717, 1.165) is 40.4 Å². The Morgan fingerprint density at radius 1 is 0.909 bits per heavy atom. The first-order valence-electron chi connectivity index (χ1n) is 11.2. The molecule has 1 aliphatic heterocycles. The molecular formula is C25H29ClN4O2S.